The maximum atomic E-state index is 13.9. The van der Waals surface area contributed by atoms with Gasteiger partial charge in [-0.15, -0.1) is 11.3 Å². The van der Waals surface area contributed by atoms with E-state index in [4.69, 9.17) is 11.6 Å². The van der Waals surface area contributed by atoms with Crippen molar-refractivity contribution in [2.45, 2.75) is 25.2 Å². The second kappa shape index (κ2) is 5.14. The van der Waals surface area contributed by atoms with Crippen molar-refractivity contribution in [2.24, 2.45) is 0 Å². The summed E-state index contributed by atoms with van der Waals surface area (Å²) in [5.74, 6) is -1.84. The van der Waals surface area contributed by atoms with Crippen molar-refractivity contribution in [3.05, 3.63) is 39.6 Å². The number of carboxylic acid groups (broad SMARTS) is 1. The first-order chi connectivity index (χ1) is 9.56. The van der Waals surface area contributed by atoms with E-state index in [1.54, 1.807) is 0 Å². The maximum absolute atomic E-state index is 13.9. The molecule has 3 rings (SSSR count). The van der Waals surface area contributed by atoms with Crippen LogP contribution >= 0.6 is 22.9 Å². The third-order valence-corrected chi connectivity index (χ3v) is 4.81. The summed E-state index contributed by atoms with van der Waals surface area (Å²) in [6, 6.07) is 4.30. The van der Waals surface area contributed by atoms with Gasteiger partial charge in [0.2, 0.25) is 0 Å². The molecule has 0 spiro atoms. The molecule has 0 amide bonds. The average molecular weight is 312 g/mol. The van der Waals surface area contributed by atoms with Gasteiger partial charge in [0.05, 0.1) is 11.6 Å². The molecular weight excluding hydrogens is 301 g/mol. The van der Waals surface area contributed by atoms with E-state index in [0.717, 1.165) is 17.7 Å². The number of carbonyl (C=O) groups is 1. The molecule has 1 aliphatic carbocycles. The lowest BCUT2D eigenvalue weighted by atomic mass is 9.91. The highest BCUT2D eigenvalue weighted by Gasteiger charge is 2.30. The Labute approximate surface area is 124 Å². The summed E-state index contributed by atoms with van der Waals surface area (Å²) >= 11 is 7.25. The Bertz CT molecular complexity index is 686. The number of halogens is 2. The normalized spacial score (nSPS) is 17.8. The fraction of sp³-hybridized carbons (Fsp3) is 0.286. The number of nitrogens with zero attached hydrogens (tertiary/aromatic N) is 1. The second-order valence-electron chi connectivity index (χ2n) is 4.73. The van der Waals surface area contributed by atoms with Crippen molar-refractivity contribution >= 4 is 28.9 Å². The highest BCUT2D eigenvalue weighted by Crippen LogP contribution is 2.39. The Morgan fingerprint density at radius 1 is 1.50 bits per heavy atom. The standard InChI is InChI=1S/C14H11ClFNO2S/c15-7-4-5-10(16)9(6-7)13-17-12-8(14(18)19)2-1-3-11(12)20-13/h4-6,8H,1-3H2,(H,18,19). The molecule has 104 valence electrons. The van der Waals surface area contributed by atoms with Crippen molar-refractivity contribution in [3.8, 4) is 10.6 Å². The summed E-state index contributed by atoms with van der Waals surface area (Å²) in [6.07, 6.45) is 2.21. The first-order valence-corrected chi connectivity index (χ1v) is 7.43. The fourth-order valence-electron chi connectivity index (χ4n) is 2.44. The number of rotatable bonds is 2. The van der Waals surface area contributed by atoms with Gasteiger partial charge in [0.15, 0.2) is 0 Å². The third-order valence-electron chi connectivity index (χ3n) is 3.41. The number of aliphatic carboxylic acids is 1. The Hall–Kier alpha value is -1.46. The van der Waals surface area contributed by atoms with Gasteiger partial charge in [0.1, 0.15) is 10.8 Å². The summed E-state index contributed by atoms with van der Waals surface area (Å²) in [4.78, 5) is 16.6. The zero-order chi connectivity index (χ0) is 14.3. The molecule has 0 fully saturated rings. The Morgan fingerprint density at radius 3 is 3.05 bits per heavy atom. The lowest BCUT2D eigenvalue weighted by Crippen LogP contribution is -2.17. The van der Waals surface area contributed by atoms with Crippen LogP contribution in [-0.4, -0.2) is 16.1 Å². The highest BCUT2D eigenvalue weighted by molar-refractivity contribution is 7.15. The Balaban J connectivity index is 2.09. The molecule has 1 N–H and O–H groups in total. The SMILES string of the molecule is O=C(O)C1CCCc2sc(-c3cc(Cl)ccc3F)nc21. The number of aromatic nitrogens is 1. The van der Waals surface area contributed by atoms with E-state index in [9.17, 15) is 14.3 Å². The molecule has 20 heavy (non-hydrogen) atoms. The van der Waals surface area contributed by atoms with Crippen LogP contribution in [0.2, 0.25) is 5.02 Å². The van der Waals surface area contributed by atoms with E-state index in [1.807, 2.05) is 0 Å². The third kappa shape index (κ3) is 2.31. The molecule has 0 saturated carbocycles. The molecule has 0 radical (unpaired) electrons. The van der Waals surface area contributed by atoms with E-state index in [1.165, 1.54) is 29.5 Å². The van der Waals surface area contributed by atoms with Crippen LogP contribution in [0.15, 0.2) is 18.2 Å². The predicted molar refractivity (Wildman–Crippen MR) is 75.8 cm³/mol. The quantitative estimate of drug-likeness (QED) is 0.908. The van der Waals surface area contributed by atoms with Gasteiger partial charge in [0, 0.05) is 15.5 Å². The molecule has 1 aromatic carbocycles. The lowest BCUT2D eigenvalue weighted by Gasteiger charge is -2.16. The maximum Gasteiger partial charge on any atom is 0.312 e. The van der Waals surface area contributed by atoms with E-state index in [2.05, 4.69) is 4.98 Å². The van der Waals surface area contributed by atoms with Crippen LogP contribution in [0.5, 0.6) is 0 Å². The summed E-state index contributed by atoms with van der Waals surface area (Å²) in [5.41, 5.74) is 0.921. The minimum atomic E-state index is -0.866. The monoisotopic (exact) mass is 311 g/mol. The number of benzene rings is 1. The molecule has 1 aliphatic rings. The zero-order valence-electron chi connectivity index (χ0n) is 10.4. The van der Waals surface area contributed by atoms with Crippen LogP contribution in [0, 0.1) is 5.82 Å². The number of hydrogen-bond acceptors (Lipinski definition) is 3. The van der Waals surface area contributed by atoms with Crippen LogP contribution in [0.25, 0.3) is 10.6 Å². The molecule has 0 saturated heterocycles. The van der Waals surface area contributed by atoms with Gasteiger partial charge in [-0.2, -0.15) is 0 Å². The van der Waals surface area contributed by atoms with Crippen molar-refractivity contribution in [3.63, 3.8) is 0 Å². The molecule has 6 heteroatoms. The first-order valence-electron chi connectivity index (χ1n) is 6.24. The lowest BCUT2D eigenvalue weighted by molar-refractivity contribution is -0.139. The topological polar surface area (TPSA) is 50.2 Å². The molecule has 1 unspecified atom stereocenters. The van der Waals surface area contributed by atoms with Gasteiger partial charge < -0.3 is 5.11 Å². The zero-order valence-corrected chi connectivity index (χ0v) is 12.0. The van der Waals surface area contributed by atoms with Crippen molar-refractivity contribution in [1.29, 1.82) is 0 Å². The Morgan fingerprint density at radius 2 is 2.30 bits per heavy atom. The molecule has 1 heterocycles. The van der Waals surface area contributed by atoms with Crippen LogP contribution < -0.4 is 0 Å². The van der Waals surface area contributed by atoms with Crippen molar-refractivity contribution < 1.29 is 14.3 Å². The molecule has 1 aromatic heterocycles. The molecule has 0 aliphatic heterocycles. The van der Waals surface area contributed by atoms with Gasteiger partial charge in [-0.25, -0.2) is 9.37 Å². The molecule has 1 atom stereocenters. The summed E-state index contributed by atoms with van der Waals surface area (Å²) in [5, 5.41) is 10.2. The van der Waals surface area contributed by atoms with Crippen LogP contribution in [0.3, 0.4) is 0 Å². The number of carboxylic acids is 1. The van der Waals surface area contributed by atoms with Crippen LogP contribution in [-0.2, 0) is 11.2 Å². The molecule has 2 aromatic rings. The van der Waals surface area contributed by atoms with E-state index < -0.39 is 17.7 Å². The van der Waals surface area contributed by atoms with Crippen molar-refractivity contribution in [2.75, 3.05) is 0 Å². The molecule has 3 nitrogen and oxygen atoms in total. The van der Waals surface area contributed by atoms with Gasteiger partial charge in [-0.05, 0) is 37.5 Å². The van der Waals surface area contributed by atoms with Gasteiger partial charge >= 0.3 is 5.97 Å². The number of aryl methyl sites for hydroxylation is 1. The highest BCUT2D eigenvalue weighted by atomic mass is 35.5. The molecular formula is C14H11ClFNO2S. The summed E-state index contributed by atoms with van der Waals surface area (Å²) in [7, 11) is 0. The van der Waals surface area contributed by atoms with Gasteiger partial charge in [-0.1, -0.05) is 11.6 Å². The number of fused-ring (bicyclic) bond motifs is 1. The summed E-state index contributed by atoms with van der Waals surface area (Å²) in [6.45, 7) is 0. The largest absolute Gasteiger partial charge is 0.481 e. The smallest absolute Gasteiger partial charge is 0.312 e. The minimum absolute atomic E-state index is 0.334. The van der Waals surface area contributed by atoms with Gasteiger partial charge in [-0.3, -0.25) is 4.79 Å². The number of thiazole rings is 1. The van der Waals surface area contributed by atoms with Crippen molar-refractivity contribution in [1.82, 2.24) is 4.98 Å². The fourth-order valence-corrected chi connectivity index (χ4v) is 3.79. The first kappa shape index (κ1) is 13.5. The minimum Gasteiger partial charge on any atom is -0.481 e. The predicted octanol–water partition coefficient (Wildman–Crippen LogP) is 4.11. The summed E-state index contributed by atoms with van der Waals surface area (Å²) < 4.78 is 13.9. The van der Waals surface area contributed by atoms with Gasteiger partial charge in [0.25, 0.3) is 0 Å². The average Bonchev–Trinajstić information content (AvgIpc) is 2.84. The van der Waals surface area contributed by atoms with E-state index in [0.29, 0.717) is 27.7 Å². The van der Waals surface area contributed by atoms with E-state index in [-0.39, 0.29) is 0 Å². The van der Waals surface area contributed by atoms with Crippen LogP contribution in [0.1, 0.15) is 29.3 Å². The molecule has 0 bridgehead atoms. The number of hydrogen-bond donors (Lipinski definition) is 1. The van der Waals surface area contributed by atoms with E-state index >= 15 is 0 Å². The second-order valence-corrected chi connectivity index (χ2v) is 6.25. The Kier molecular flexibility index (Phi) is 3.48. The van der Waals surface area contributed by atoms with Crippen LogP contribution in [0.4, 0.5) is 4.39 Å².